The van der Waals surface area contributed by atoms with Crippen molar-refractivity contribution in [3.05, 3.63) is 11.6 Å². The minimum Gasteiger partial charge on any atom is -0.462 e. The highest BCUT2D eigenvalue weighted by molar-refractivity contribution is 5.91. The molecule has 0 spiro atoms. The molecule has 0 saturated heterocycles. The first-order chi connectivity index (χ1) is 35.3. The molecule has 0 radical (unpaired) electrons. The molecule has 12 heteroatoms. The molecule has 0 heterocycles. The van der Waals surface area contributed by atoms with Crippen molar-refractivity contribution in [1.29, 1.82) is 0 Å². The van der Waals surface area contributed by atoms with Crippen molar-refractivity contribution < 1.29 is 57.2 Å². The lowest BCUT2D eigenvalue weighted by atomic mass is 9.47. The second kappa shape index (κ2) is 35.0. The van der Waals surface area contributed by atoms with Crippen LogP contribution in [0.5, 0.6) is 0 Å². The molecule has 4 aliphatic carbocycles. The molecule has 0 aromatic heterocycles. The van der Waals surface area contributed by atoms with Crippen LogP contribution < -0.4 is 0 Å². The van der Waals surface area contributed by atoms with Crippen LogP contribution in [0.2, 0.25) is 0 Å². The Bertz CT molecular complexity index is 1630. The summed E-state index contributed by atoms with van der Waals surface area (Å²) in [5, 5.41) is 0. The Balaban J connectivity index is 1.13. The van der Waals surface area contributed by atoms with E-state index in [-0.39, 0.29) is 61.6 Å². The van der Waals surface area contributed by atoms with Crippen LogP contribution in [0.3, 0.4) is 0 Å². The van der Waals surface area contributed by atoms with E-state index in [4.69, 9.17) is 28.4 Å². The van der Waals surface area contributed by atoms with Gasteiger partial charge in [-0.2, -0.15) is 0 Å². The van der Waals surface area contributed by atoms with E-state index in [0.717, 1.165) is 83.5 Å². The van der Waals surface area contributed by atoms with Crippen molar-refractivity contribution in [2.75, 3.05) is 13.2 Å². The van der Waals surface area contributed by atoms with Crippen molar-refractivity contribution >= 4 is 35.8 Å². The van der Waals surface area contributed by atoms with Gasteiger partial charge in [-0.15, -0.1) is 0 Å². The highest BCUT2D eigenvalue weighted by atomic mass is 16.8. The number of carbonyl (C=O) groups is 6. The summed E-state index contributed by atoms with van der Waals surface area (Å²) in [5.41, 5.74) is 1.21. The van der Waals surface area contributed by atoms with Gasteiger partial charge in [-0.05, 0) is 87.0 Å². The first kappa shape index (κ1) is 62.1. The lowest BCUT2D eigenvalue weighted by Crippen LogP contribution is -2.51. The predicted molar refractivity (Wildman–Crippen MR) is 285 cm³/mol. The molecule has 12 nitrogen and oxygen atoms in total. The van der Waals surface area contributed by atoms with Crippen molar-refractivity contribution in [2.45, 2.75) is 297 Å². The molecule has 0 bridgehead atoms. The maximum Gasteiger partial charge on any atom is 0.511 e. The van der Waals surface area contributed by atoms with E-state index in [1.54, 1.807) is 0 Å². The zero-order valence-electron chi connectivity index (χ0n) is 46.7. The Kier molecular flexibility index (Phi) is 29.8. The summed E-state index contributed by atoms with van der Waals surface area (Å²) in [6, 6.07) is 0. The number of fused-ring (bicyclic) bond motifs is 5. The predicted octanol–water partition coefficient (Wildman–Crippen LogP) is 15.7. The van der Waals surface area contributed by atoms with Crippen LogP contribution >= 0.6 is 0 Å². The molecule has 0 aliphatic heterocycles. The summed E-state index contributed by atoms with van der Waals surface area (Å²) in [7, 11) is 0. The summed E-state index contributed by atoms with van der Waals surface area (Å²) < 4.78 is 33.3. The number of esters is 4. The standard InChI is InChI=1S/C61H102O12/c1-6-8-10-12-14-16-18-20-22-24-26-28-30-32-55(63)68-45-50(46-69-56(64)33-31-29-27-25-23-21-19-17-15-13-11-9-7-2)72-58(66)39-38-57(65)70-47(3)71-59(67)73-54-37-36-52-51-35-34-48-44-49(62)40-42-60(48,4)53(51)41-43-61(52,54)5/h44,47,50-54H,6-43,45-46H2,1-5H3/t47?,51-,52-,53-,54?,60-,61-/m0/s1. The van der Waals surface area contributed by atoms with Crippen LogP contribution in [0.4, 0.5) is 4.79 Å². The van der Waals surface area contributed by atoms with E-state index in [0.29, 0.717) is 37.0 Å². The van der Waals surface area contributed by atoms with Crippen LogP contribution in [-0.4, -0.2) is 67.5 Å². The van der Waals surface area contributed by atoms with Crippen LogP contribution in [0.15, 0.2) is 11.6 Å². The zero-order chi connectivity index (χ0) is 52.7. The Labute approximate surface area is 442 Å². The van der Waals surface area contributed by atoms with Gasteiger partial charge in [0.1, 0.15) is 19.3 Å². The lowest BCUT2D eigenvalue weighted by molar-refractivity contribution is -0.174. The van der Waals surface area contributed by atoms with E-state index in [2.05, 4.69) is 27.7 Å². The Morgan fingerprint density at radius 2 is 0.986 bits per heavy atom. The molecule has 418 valence electrons. The number of ketones is 1. The van der Waals surface area contributed by atoms with E-state index in [9.17, 15) is 28.8 Å². The lowest BCUT2D eigenvalue weighted by Gasteiger charge is -2.57. The summed E-state index contributed by atoms with van der Waals surface area (Å²) in [6.45, 7) is 9.97. The van der Waals surface area contributed by atoms with E-state index >= 15 is 0 Å². The first-order valence-corrected chi connectivity index (χ1v) is 30.1. The normalized spacial score (nSPS) is 23.6. The number of hydrogen-bond donors (Lipinski definition) is 0. The minimum absolute atomic E-state index is 0.0633. The number of unbranched alkanes of at least 4 members (excludes halogenated alkanes) is 24. The third kappa shape index (κ3) is 22.7. The zero-order valence-corrected chi connectivity index (χ0v) is 46.7. The van der Waals surface area contributed by atoms with E-state index in [1.165, 1.54) is 128 Å². The van der Waals surface area contributed by atoms with Crippen molar-refractivity contribution in [2.24, 2.45) is 28.6 Å². The quantitative estimate of drug-likeness (QED) is 0.0249. The molecular formula is C61H102O12. The van der Waals surface area contributed by atoms with Gasteiger partial charge in [0, 0.05) is 31.6 Å². The molecule has 0 aromatic carbocycles. The fraction of sp³-hybridized carbons (Fsp3) is 0.869. The second-order valence-electron chi connectivity index (χ2n) is 23.1. The van der Waals surface area contributed by atoms with Gasteiger partial charge in [0.2, 0.25) is 6.29 Å². The minimum atomic E-state index is -1.24. The molecule has 4 aliphatic rings. The molecule has 2 unspecified atom stereocenters. The van der Waals surface area contributed by atoms with Gasteiger partial charge in [-0.1, -0.05) is 187 Å². The largest absolute Gasteiger partial charge is 0.511 e. The van der Waals surface area contributed by atoms with Crippen molar-refractivity contribution in [1.82, 2.24) is 0 Å². The van der Waals surface area contributed by atoms with Gasteiger partial charge in [-0.25, -0.2) is 4.79 Å². The highest BCUT2D eigenvalue weighted by Gasteiger charge is 2.60. The summed E-state index contributed by atoms with van der Waals surface area (Å²) in [5.74, 6) is -0.610. The summed E-state index contributed by atoms with van der Waals surface area (Å²) >= 11 is 0. The number of allylic oxidation sites excluding steroid dienone is 1. The smallest absolute Gasteiger partial charge is 0.462 e. The maximum atomic E-state index is 13.1. The monoisotopic (exact) mass is 1030 g/mol. The Hall–Kier alpha value is -3.44. The second-order valence-corrected chi connectivity index (χ2v) is 23.1. The van der Waals surface area contributed by atoms with Crippen molar-refractivity contribution in [3.8, 4) is 0 Å². The third-order valence-electron chi connectivity index (χ3n) is 17.3. The topological polar surface area (TPSA) is 158 Å². The Morgan fingerprint density at radius 3 is 1.48 bits per heavy atom. The highest BCUT2D eigenvalue weighted by Crippen LogP contribution is 2.65. The average molecular weight is 1030 g/mol. The number of carbonyl (C=O) groups excluding carboxylic acids is 6. The van der Waals surface area contributed by atoms with Crippen LogP contribution in [-0.2, 0) is 52.4 Å². The molecule has 0 N–H and O–H groups in total. The number of hydrogen-bond acceptors (Lipinski definition) is 12. The van der Waals surface area contributed by atoms with Gasteiger partial charge < -0.3 is 28.4 Å². The molecule has 4 rings (SSSR count). The number of rotatable bonds is 39. The molecule has 7 atom stereocenters. The van der Waals surface area contributed by atoms with Gasteiger partial charge in [-0.3, -0.25) is 24.0 Å². The molecule has 3 fully saturated rings. The van der Waals surface area contributed by atoms with Crippen LogP contribution in [0, 0.1) is 28.6 Å². The number of ether oxygens (including phenoxy) is 6. The fourth-order valence-electron chi connectivity index (χ4n) is 12.9. The first-order valence-electron chi connectivity index (χ1n) is 30.1. The van der Waals surface area contributed by atoms with Gasteiger partial charge in [0.25, 0.3) is 0 Å². The SMILES string of the molecule is CCCCCCCCCCCCCCCC(=O)OCC(COC(=O)CCCCCCCCCCCCCCC)OC(=O)CCC(=O)OC(C)OC(=O)OC1CC[C@H]2[C@@H]3CCC4=CC(=O)CC[C@]4(C)[C@H]3CC[C@]12C. The average Bonchev–Trinajstić information content (AvgIpc) is 3.69. The van der Waals surface area contributed by atoms with Crippen molar-refractivity contribution in [3.63, 3.8) is 0 Å². The van der Waals surface area contributed by atoms with E-state index in [1.807, 2.05) is 6.08 Å². The third-order valence-corrected chi connectivity index (χ3v) is 17.3. The Morgan fingerprint density at radius 1 is 0.521 bits per heavy atom. The molecule has 0 aromatic rings. The van der Waals surface area contributed by atoms with Gasteiger partial charge in [0.05, 0.1) is 12.8 Å². The van der Waals surface area contributed by atoms with Gasteiger partial charge >= 0.3 is 30.0 Å². The molecule has 73 heavy (non-hydrogen) atoms. The molecular weight excluding hydrogens is 925 g/mol. The summed E-state index contributed by atoms with van der Waals surface area (Å²) in [4.78, 5) is 76.6. The molecule has 0 amide bonds. The summed E-state index contributed by atoms with van der Waals surface area (Å²) in [6.07, 6.45) is 36.7. The fourth-order valence-corrected chi connectivity index (χ4v) is 12.9. The van der Waals surface area contributed by atoms with Crippen LogP contribution in [0.25, 0.3) is 0 Å². The van der Waals surface area contributed by atoms with Crippen LogP contribution in [0.1, 0.15) is 279 Å². The van der Waals surface area contributed by atoms with E-state index < -0.39 is 42.4 Å². The maximum absolute atomic E-state index is 13.1. The van der Waals surface area contributed by atoms with Gasteiger partial charge in [0.15, 0.2) is 11.9 Å². The molecule has 3 saturated carbocycles.